The molecule has 2 aliphatic rings. The molecular formula is C18H22N2O5. The fourth-order valence-electron chi connectivity index (χ4n) is 3.50. The SMILES string of the molecule is COC(=O)[C@@H]1C[C@@]2(CN1C(=O)OC(C)(C)C)C(=O)Nc1ccccc12. The molecule has 25 heavy (non-hydrogen) atoms. The first-order chi connectivity index (χ1) is 11.7. The highest BCUT2D eigenvalue weighted by Gasteiger charge is 2.58. The maximum atomic E-state index is 12.7. The first-order valence-corrected chi connectivity index (χ1v) is 8.16. The minimum atomic E-state index is -0.966. The number of nitrogens with one attached hydrogen (secondary N) is 1. The number of nitrogens with zero attached hydrogens (tertiary/aromatic N) is 1. The number of hydrogen-bond acceptors (Lipinski definition) is 5. The zero-order valence-electron chi connectivity index (χ0n) is 14.8. The van der Waals surface area contributed by atoms with Gasteiger partial charge in [0.05, 0.1) is 12.5 Å². The number of esters is 1. The van der Waals surface area contributed by atoms with Gasteiger partial charge >= 0.3 is 12.1 Å². The third-order valence-corrected chi connectivity index (χ3v) is 4.59. The van der Waals surface area contributed by atoms with Gasteiger partial charge in [-0.15, -0.1) is 0 Å². The molecule has 2 aliphatic heterocycles. The van der Waals surface area contributed by atoms with Crippen molar-refractivity contribution < 1.29 is 23.9 Å². The fraction of sp³-hybridized carbons (Fsp3) is 0.500. The molecule has 0 aliphatic carbocycles. The summed E-state index contributed by atoms with van der Waals surface area (Å²) in [7, 11) is 1.27. The Kier molecular flexibility index (Phi) is 3.97. The number of rotatable bonds is 1. The standard InChI is InChI=1S/C18H22N2O5/c1-17(2,3)25-16(23)20-10-18(9-13(20)14(21)24-4)11-7-5-6-8-12(11)19-15(18)22/h5-8,13H,9-10H2,1-4H3,(H,19,22)/t13-,18-/m0/s1. The zero-order valence-corrected chi connectivity index (χ0v) is 14.8. The van der Waals surface area contributed by atoms with E-state index in [2.05, 4.69) is 5.32 Å². The van der Waals surface area contributed by atoms with Crippen LogP contribution in [0.15, 0.2) is 24.3 Å². The molecule has 1 saturated heterocycles. The van der Waals surface area contributed by atoms with Crippen molar-refractivity contribution in [3.8, 4) is 0 Å². The van der Waals surface area contributed by atoms with Crippen LogP contribution in [0.5, 0.6) is 0 Å². The van der Waals surface area contributed by atoms with E-state index < -0.39 is 29.1 Å². The summed E-state index contributed by atoms with van der Waals surface area (Å²) in [5, 5.41) is 2.85. The highest BCUT2D eigenvalue weighted by molar-refractivity contribution is 6.07. The maximum absolute atomic E-state index is 12.7. The number of likely N-dealkylation sites (tertiary alicyclic amines) is 1. The monoisotopic (exact) mass is 346 g/mol. The summed E-state index contributed by atoms with van der Waals surface area (Å²) in [6.07, 6.45) is -0.459. The molecule has 1 N–H and O–H groups in total. The molecule has 134 valence electrons. The first-order valence-electron chi connectivity index (χ1n) is 8.16. The fourth-order valence-corrected chi connectivity index (χ4v) is 3.50. The van der Waals surface area contributed by atoms with E-state index >= 15 is 0 Å². The average Bonchev–Trinajstić information content (AvgIpc) is 3.06. The van der Waals surface area contributed by atoms with Gasteiger partial charge in [-0.05, 0) is 38.8 Å². The van der Waals surface area contributed by atoms with Crippen LogP contribution in [0.2, 0.25) is 0 Å². The van der Waals surface area contributed by atoms with Gasteiger partial charge in [-0.3, -0.25) is 9.69 Å². The number of amides is 2. The molecule has 1 aromatic rings. The van der Waals surface area contributed by atoms with Crippen LogP contribution in [0.1, 0.15) is 32.8 Å². The Bertz CT molecular complexity index is 739. The second-order valence-electron chi connectivity index (χ2n) is 7.43. The minimum absolute atomic E-state index is 0.0739. The van der Waals surface area contributed by atoms with E-state index in [1.54, 1.807) is 20.8 Å². The van der Waals surface area contributed by atoms with E-state index in [4.69, 9.17) is 9.47 Å². The molecule has 1 aromatic carbocycles. The highest BCUT2D eigenvalue weighted by Crippen LogP contribution is 2.46. The summed E-state index contributed by atoms with van der Waals surface area (Å²) < 4.78 is 10.3. The highest BCUT2D eigenvalue weighted by atomic mass is 16.6. The third-order valence-electron chi connectivity index (χ3n) is 4.59. The van der Waals surface area contributed by atoms with Crippen molar-refractivity contribution in [2.24, 2.45) is 0 Å². The summed E-state index contributed by atoms with van der Waals surface area (Å²) in [5.74, 6) is -0.770. The number of ether oxygens (including phenoxy) is 2. The van der Waals surface area contributed by atoms with Crippen LogP contribution < -0.4 is 5.32 Å². The van der Waals surface area contributed by atoms with E-state index in [1.807, 2.05) is 24.3 Å². The van der Waals surface area contributed by atoms with Crippen LogP contribution in [0.25, 0.3) is 0 Å². The summed E-state index contributed by atoms with van der Waals surface area (Å²) >= 11 is 0. The van der Waals surface area contributed by atoms with Crippen LogP contribution in [-0.4, -0.2) is 48.2 Å². The van der Waals surface area contributed by atoms with Gasteiger partial charge in [0.25, 0.3) is 0 Å². The smallest absolute Gasteiger partial charge is 0.411 e. The molecule has 0 bridgehead atoms. The number of anilines is 1. The minimum Gasteiger partial charge on any atom is -0.467 e. The molecule has 0 radical (unpaired) electrons. The lowest BCUT2D eigenvalue weighted by Crippen LogP contribution is -2.44. The van der Waals surface area contributed by atoms with Crippen molar-refractivity contribution in [2.75, 3.05) is 19.0 Å². The van der Waals surface area contributed by atoms with Crippen molar-refractivity contribution in [2.45, 2.75) is 44.2 Å². The largest absolute Gasteiger partial charge is 0.467 e. The number of carbonyl (C=O) groups excluding carboxylic acids is 3. The van der Waals surface area contributed by atoms with Gasteiger partial charge in [-0.2, -0.15) is 0 Å². The molecular weight excluding hydrogens is 324 g/mol. The predicted molar refractivity (Wildman–Crippen MR) is 90.1 cm³/mol. The van der Waals surface area contributed by atoms with Crippen LogP contribution >= 0.6 is 0 Å². The van der Waals surface area contributed by atoms with Gasteiger partial charge in [0, 0.05) is 12.2 Å². The summed E-state index contributed by atoms with van der Waals surface area (Å²) in [5.41, 5.74) is -0.169. The Labute approximate surface area is 146 Å². The van der Waals surface area contributed by atoms with E-state index in [0.29, 0.717) is 5.69 Å². The number of methoxy groups -OCH3 is 1. The molecule has 2 heterocycles. The lowest BCUT2D eigenvalue weighted by atomic mass is 9.79. The van der Waals surface area contributed by atoms with Gasteiger partial charge in [-0.1, -0.05) is 18.2 Å². The molecule has 7 nitrogen and oxygen atoms in total. The molecule has 0 unspecified atom stereocenters. The third kappa shape index (κ3) is 2.83. The molecule has 3 rings (SSSR count). The van der Waals surface area contributed by atoms with Crippen molar-refractivity contribution in [1.82, 2.24) is 4.90 Å². The lowest BCUT2D eigenvalue weighted by Gasteiger charge is -2.27. The maximum Gasteiger partial charge on any atom is 0.411 e. The lowest BCUT2D eigenvalue weighted by molar-refractivity contribution is -0.145. The average molecular weight is 346 g/mol. The Morgan fingerprint density at radius 3 is 2.60 bits per heavy atom. The quantitative estimate of drug-likeness (QED) is 0.787. The summed E-state index contributed by atoms with van der Waals surface area (Å²) in [6.45, 7) is 5.33. The first kappa shape index (κ1) is 17.3. The van der Waals surface area contributed by atoms with E-state index in [0.717, 1.165) is 5.56 Å². The number of hydrogen-bond donors (Lipinski definition) is 1. The van der Waals surface area contributed by atoms with Gasteiger partial charge in [0.1, 0.15) is 11.6 Å². The molecule has 7 heteroatoms. The number of carbonyl (C=O) groups is 3. The molecule has 0 saturated carbocycles. The molecule has 0 aromatic heterocycles. The Hall–Kier alpha value is -2.57. The Morgan fingerprint density at radius 2 is 1.96 bits per heavy atom. The van der Waals surface area contributed by atoms with Crippen molar-refractivity contribution in [3.05, 3.63) is 29.8 Å². The van der Waals surface area contributed by atoms with Crippen molar-refractivity contribution in [1.29, 1.82) is 0 Å². The Morgan fingerprint density at radius 1 is 1.28 bits per heavy atom. The summed E-state index contributed by atoms with van der Waals surface area (Å²) in [6, 6.07) is 6.46. The van der Waals surface area contributed by atoms with Crippen LogP contribution in [0.3, 0.4) is 0 Å². The molecule has 2 amide bonds. The van der Waals surface area contributed by atoms with Crippen LogP contribution in [0.4, 0.5) is 10.5 Å². The van der Waals surface area contributed by atoms with Crippen molar-refractivity contribution in [3.63, 3.8) is 0 Å². The normalized spacial score (nSPS) is 24.9. The van der Waals surface area contributed by atoms with Gasteiger partial charge in [-0.25, -0.2) is 9.59 Å². The van der Waals surface area contributed by atoms with E-state index in [9.17, 15) is 14.4 Å². The van der Waals surface area contributed by atoms with E-state index in [1.165, 1.54) is 12.0 Å². The number of para-hydroxylation sites is 1. The molecule has 2 atom stereocenters. The van der Waals surface area contributed by atoms with Gasteiger partial charge < -0.3 is 14.8 Å². The predicted octanol–water partition coefficient (Wildman–Crippen LogP) is 2.06. The number of benzene rings is 1. The van der Waals surface area contributed by atoms with E-state index in [-0.39, 0.29) is 18.9 Å². The zero-order chi connectivity index (χ0) is 18.4. The topological polar surface area (TPSA) is 84.9 Å². The molecule has 1 fully saturated rings. The second-order valence-corrected chi connectivity index (χ2v) is 7.43. The van der Waals surface area contributed by atoms with Crippen LogP contribution in [-0.2, 0) is 24.5 Å². The second kappa shape index (κ2) is 5.75. The summed E-state index contributed by atoms with van der Waals surface area (Å²) in [4.78, 5) is 38.9. The van der Waals surface area contributed by atoms with Gasteiger partial charge in [0.15, 0.2) is 0 Å². The van der Waals surface area contributed by atoms with Crippen molar-refractivity contribution >= 4 is 23.7 Å². The van der Waals surface area contributed by atoms with Gasteiger partial charge in [0.2, 0.25) is 5.91 Å². The van der Waals surface area contributed by atoms with Crippen LogP contribution in [0, 0.1) is 0 Å². The number of fused-ring (bicyclic) bond motifs is 2. The molecule has 1 spiro atoms. The Balaban J connectivity index is 1.99.